The van der Waals surface area contributed by atoms with Crippen LogP contribution in [0, 0.1) is 0 Å². The van der Waals surface area contributed by atoms with Crippen LogP contribution in [0.25, 0.3) is 33.7 Å². The van der Waals surface area contributed by atoms with Crippen LogP contribution in [0.2, 0.25) is 0 Å². The molecule has 0 aliphatic rings. The van der Waals surface area contributed by atoms with Gasteiger partial charge in [0.25, 0.3) is 0 Å². The van der Waals surface area contributed by atoms with Crippen molar-refractivity contribution < 1.29 is 4.74 Å². The molecular formula is C32H25N3O. The van der Waals surface area contributed by atoms with E-state index < -0.39 is 0 Å². The van der Waals surface area contributed by atoms with Crippen molar-refractivity contribution in [2.24, 2.45) is 0 Å². The minimum Gasteiger partial charge on any atom is -0.497 e. The Balaban J connectivity index is 1.67. The molecule has 2 heterocycles. The van der Waals surface area contributed by atoms with E-state index in [1.807, 2.05) is 30.5 Å². The van der Waals surface area contributed by atoms with Crippen LogP contribution >= 0.6 is 0 Å². The molecule has 6 rings (SSSR count). The zero-order valence-electron chi connectivity index (χ0n) is 20.0. The summed E-state index contributed by atoms with van der Waals surface area (Å²) < 4.78 is 7.86. The number of benzene rings is 4. The second kappa shape index (κ2) is 9.51. The molecule has 2 aromatic heterocycles. The highest BCUT2D eigenvalue weighted by atomic mass is 16.5. The Morgan fingerprint density at radius 1 is 0.639 bits per heavy atom. The van der Waals surface area contributed by atoms with Gasteiger partial charge in [0.2, 0.25) is 0 Å². The van der Waals surface area contributed by atoms with E-state index in [2.05, 4.69) is 102 Å². The van der Waals surface area contributed by atoms with E-state index in [1.54, 1.807) is 7.11 Å². The van der Waals surface area contributed by atoms with Crippen LogP contribution in [0.4, 0.5) is 0 Å². The van der Waals surface area contributed by atoms with Gasteiger partial charge >= 0.3 is 0 Å². The average Bonchev–Trinajstić information content (AvgIpc) is 3.33. The van der Waals surface area contributed by atoms with Crippen LogP contribution in [-0.2, 0) is 0 Å². The Bertz CT molecular complexity index is 1570. The van der Waals surface area contributed by atoms with Crippen LogP contribution in [0.5, 0.6) is 5.75 Å². The number of rotatable bonds is 6. The summed E-state index contributed by atoms with van der Waals surface area (Å²) in [6, 6.07) is 41.7. The number of ether oxygens (including phenoxy) is 1. The quantitative estimate of drug-likeness (QED) is 0.256. The number of aromatic nitrogens is 3. The minimum atomic E-state index is -0.0913. The summed E-state index contributed by atoms with van der Waals surface area (Å²) in [5.41, 5.74) is 7.20. The lowest BCUT2D eigenvalue weighted by atomic mass is 9.97. The normalized spacial score (nSPS) is 11.2. The molecule has 0 saturated heterocycles. The fraction of sp³-hybridized carbons (Fsp3) is 0.0625. The molecule has 0 fully saturated rings. The zero-order valence-corrected chi connectivity index (χ0v) is 20.0. The van der Waals surface area contributed by atoms with Crippen LogP contribution in [0.3, 0.4) is 0 Å². The van der Waals surface area contributed by atoms with Gasteiger partial charge in [-0.2, -0.15) is 0 Å². The molecule has 4 nitrogen and oxygen atoms in total. The molecule has 0 aliphatic heterocycles. The second-order valence-corrected chi connectivity index (χ2v) is 8.69. The maximum absolute atomic E-state index is 5.54. The standard InChI is InChI=1S/C32H25N3O/c1-36-28-19-11-18-26(20-28)32-34-31-29(21-27(22-33-31)23-12-5-2-6-13-23)35(32)30(24-14-7-3-8-15-24)25-16-9-4-10-17-25/h2-22,30H,1H3. The molecule has 6 aromatic rings. The lowest BCUT2D eigenvalue weighted by molar-refractivity contribution is 0.415. The average molecular weight is 468 g/mol. The summed E-state index contributed by atoms with van der Waals surface area (Å²) in [5.74, 6) is 1.64. The third-order valence-corrected chi connectivity index (χ3v) is 6.47. The third-order valence-electron chi connectivity index (χ3n) is 6.47. The van der Waals surface area contributed by atoms with Crippen LogP contribution in [0.1, 0.15) is 17.2 Å². The zero-order chi connectivity index (χ0) is 24.3. The first kappa shape index (κ1) is 21.8. The molecule has 0 radical (unpaired) electrons. The molecular weight excluding hydrogens is 442 g/mol. The molecule has 0 atom stereocenters. The highest BCUT2D eigenvalue weighted by molar-refractivity contribution is 5.83. The highest BCUT2D eigenvalue weighted by Crippen LogP contribution is 2.37. The molecule has 36 heavy (non-hydrogen) atoms. The predicted molar refractivity (Wildman–Crippen MR) is 145 cm³/mol. The number of hydrogen-bond donors (Lipinski definition) is 0. The van der Waals surface area contributed by atoms with Crippen molar-refractivity contribution in [2.75, 3.05) is 7.11 Å². The van der Waals surface area contributed by atoms with E-state index in [4.69, 9.17) is 14.7 Å². The van der Waals surface area contributed by atoms with Gasteiger partial charge in [-0.15, -0.1) is 0 Å². The van der Waals surface area contributed by atoms with E-state index in [0.29, 0.717) is 5.65 Å². The molecule has 0 bridgehead atoms. The van der Waals surface area contributed by atoms with Gasteiger partial charge < -0.3 is 9.30 Å². The van der Waals surface area contributed by atoms with Crippen molar-refractivity contribution in [2.45, 2.75) is 6.04 Å². The number of fused-ring (bicyclic) bond motifs is 1. The van der Waals surface area contributed by atoms with E-state index in [1.165, 1.54) is 11.1 Å². The molecule has 4 heteroatoms. The van der Waals surface area contributed by atoms with Gasteiger partial charge in [0.15, 0.2) is 5.65 Å². The fourth-order valence-electron chi connectivity index (χ4n) is 4.75. The molecule has 0 amide bonds. The first-order chi connectivity index (χ1) is 17.8. The van der Waals surface area contributed by atoms with Crippen LogP contribution < -0.4 is 4.74 Å². The summed E-state index contributed by atoms with van der Waals surface area (Å²) in [7, 11) is 1.69. The lowest BCUT2D eigenvalue weighted by Gasteiger charge is -2.23. The smallest absolute Gasteiger partial charge is 0.178 e. The number of methoxy groups -OCH3 is 1. The van der Waals surface area contributed by atoms with Gasteiger partial charge in [0.05, 0.1) is 18.7 Å². The topological polar surface area (TPSA) is 39.9 Å². The monoisotopic (exact) mass is 467 g/mol. The number of pyridine rings is 1. The summed E-state index contributed by atoms with van der Waals surface area (Å²) >= 11 is 0. The van der Waals surface area contributed by atoms with Crippen molar-refractivity contribution in [1.82, 2.24) is 14.5 Å². The summed E-state index contributed by atoms with van der Waals surface area (Å²) in [4.78, 5) is 9.87. The van der Waals surface area contributed by atoms with Gasteiger partial charge in [0.1, 0.15) is 11.6 Å². The van der Waals surface area contributed by atoms with E-state index >= 15 is 0 Å². The molecule has 0 spiro atoms. The predicted octanol–water partition coefficient (Wildman–Crippen LogP) is 7.41. The molecule has 174 valence electrons. The van der Waals surface area contributed by atoms with Gasteiger partial charge in [0, 0.05) is 17.3 Å². The molecule has 0 aliphatic carbocycles. The van der Waals surface area contributed by atoms with Crippen LogP contribution in [-0.4, -0.2) is 21.6 Å². The summed E-state index contributed by atoms with van der Waals surface area (Å²) in [6.07, 6.45) is 1.91. The Kier molecular flexibility index (Phi) is 5.76. The Morgan fingerprint density at radius 3 is 1.89 bits per heavy atom. The van der Waals surface area contributed by atoms with E-state index in [-0.39, 0.29) is 6.04 Å². The maximum Gasteiger partial charge on any atom is 0.178 e. The van der Waals surface area contributed by atoms with Gasteiger partial charge in [-0.05, 0) is 34.9 Å². The SMILES string of the molecule is COc1cccc(-c2nc3ncc(-c4ccccc4)cc3n2C(c2ccccc2)c2ccccc2)c1. The fourth-order valence-corrected chi connectivity index (χ4v) is 4.75. The maximum atomic E-state index is 5.54. The summed E-state index contributed by atoms with van der Waals surface area (Å²) in [5, 5.41) is 0. The molecule has 0 saturated carbocycles. The first-order valence-electron chi connectivity index (χ1n) is 12.0. The van der Waals surface area contributed by atoms with Crippen molar-refractivity contribution in [3.8, 4) is 28.3 Å². The van der Waals surface area contributed by atoms with E-state index in [9.17, 15) is 0 Å². The van der Waals surface area contributed by atoms with Crippen molar-refractivity contribution in [3.05, 3.63) is 139 Å². The van der Waals surface area contributed by atoms with Gasteiger partial charge in [-0.3, -0.25) is 0 Å². The van der Waals surface area contributed by atoms with Gasteiger partial charge in [-0.25, -0.2) is 9.97 Å². The Morgan fingerprint density at radius 2 is 1.25 bits per heavy atom. The minimum absolute atomic E-state index is 0.0913. The van der Waals surface area contributed by atoms with Crippen molar-refractivity contribution in [1.29, 1.82) is 0 Å². The Labute approximate surface area is 210 Å². The van der Waals surface area contributed by atoms with Crippen molar-refractivity contribution in [3.63, 3.8) is 0 Å². The van der Waals surface area contributed by atoms with Crippen molar-refractivity contribution >= 4 is 11.2 Å². The molecule has 0 N–H and O–H groups in total. The highest BCUT2D eigenvalue weighted by Gasteiger charge is 2.24. The van der Waals surface area contributed by atoms with Gasteiger partial charge in [-0.1, -0.05) is 103 Å². The number of nitrogens with zero attached hydrogens (tertiary/aromatic N) is 3. The summed E-state index contributed by atoms with van der Waals surface area (Å²) in [6.45, 7) is 0. The first-order valence-corrected chi connectivity index (χ1v) is 12.0. The van der Waals surface area contributed by atoms with E-state index in [0.717, 1.165) is 33.8 Å². The second-order valence-electron chi connectivity index (χ2n) is 8.69. The number of hydrogen-bond acceptors (Lipinski definition) is 3. The Hall–Kier alpha value is -4.70. The third kappa shape index (κ3) is 4.03. The lowest BCUT2D eigenvalue weighted by Crippen LogP contribution is -2.14. The largest absolute Gasteiger partial charge is 0.497 e. The molecule has 0 unspecified atom stereocenters. The molecule has 4 aromatic carbocycles. The van der Waals surface area contributed by atoms with Crippen LogP contribution in [0.15, 0.2) is 128 Å². The number of imidazole rings is 1.